The van der Waals surface area contributed by atoms with Crippen LogP contribution in [-0.4, -0.2) is 8.42 Å². The molecule has 2 rings (SSSR count). The summed E-state index contributed by atoms with van der Waals surface area (Å²) in [7, 11) is -4.38. The summed E-state index contributed by atoms with van der Waals surface area (Å²) in [5, 5.41) is -0.00641. The second kappa shape index (κ2) is 5.55. The highest BCUT2D eigenvalue weighted by Crippen LogP contribution is 2.28. The van der Waals surface area contributed by atoms with E-state index in [2.05, 4.69) is 4.18 Å². The molecular weight excluding hydrogens is 333 g/mol. The topological polar surface area (TPSA) is 43.4 Å². The highest BCUT2D eigenvalue weighted by atomic mass is 35.5. The minimum absolute atomic E-state index is 0.121. The first kappa shape index (κ1) is 15.0. The first-order valence-electron chi connectivity index (χ1n) is 5.14. The molecule has 106 valence electrons. The van der Waals surface area contributed by atoms with Crippen molar-refractivity contribution in [2.75, 3.05) is 0 Å². The van der Waals surface area contributed by atoms with Crippen molar-refractivity contribution in [3.63, 3.8) is 0 Å². The Hall–Kier alpha value is -1.37. The quantitative estimate of drug-likeness (QED) is 0.793. The summed E-state index contributed by atoms with van der Waals surface area (Å²) in [6.07, 6.45) is 0. The van der Waals surface area contributed by atoms with Crippen LogP contribution >= 0.6 is 23.2 Å². The van der Waals surface area contributed by atoms with E-state index in [1.807, 2.05) is 0 Å². The Morgan fingerprint density at radius 3 is 2.35 bits per heavy atom. The lowest BCUT2D eigenvalue weighted by molar-refractivity contribution is 0.457. The SMILES string of the molecule is O=S(=O)(Oc1ccc(F)cc1F)c1cc(Cl)ccc1Cl. The van der Waals surface area contributed by atoms with E-state index in [1.165, 1.54) is 12.1 Å². The van der Waals surface area contributed by atoms with Crippen LogP contribution in [0, 0.1) is 11.6 Å². The van der Waals surface area contributed by atoms with Crippen molar-refractivity contribution in [2.45, 2.75) is 4.90 Å². The highest BCUT2D eigenvalue weighted by Gasteiger charge is 2.22. The van der Waals surface area contributed by atoms with Gasteiger partial charge >= 0.3 is 10.1 Å². The third-order valence-corrected chi connectivity index (χ3v) is 4.21. The smallest absolute Gasteiger partial charge is 0.340 e. The number of benzene rings is 2. The van der Waals surface area contributed by atoms with E-state index >= 15 is 0 Å². The van der Waals surface area contributed by atoms with E-state index in [9.17, 15) is 17.2 Å². The molecule has 20 heavy (non-hydrogen) atoms. The third kappa shape index (κ3) is 3.20. The van der Waals surface area contributed by atoms with Crippen LogP contribution in [0.25, 0.3) is 0 Å². The molecule has 2 aromatic rings. The van der Waals surface area contributed by atoms with Gasteiger partial charge in [-0.25, -0.2) is 8.78 Å². The van der Waals surface area contributed by atoms with Gasteiger partial charge in [-0.3, -0.25) is 0 Å². The van der Waals surface area contributed by atoms with Crippen molar-refractivity contribution in [3.8, 4) is 5.75 Å². The minimum Gasteiger partial charge on any atom is -0.376 e. The largest absolute Gasteiger partial charge is 0.376 e. The van der Waals surface area contributed by atoms with Crippen LogP contribution < -0.4 is 4.18 Å². The molecule has 0 heterocycles. The summed E-state index contributed by atoms with van der Waals surface area (Å²) < 4.78 is 54.7. The van der Waals surface area contributed by atoms with Gasteiger partial charge in [0.25, 0.3) is 0 Å². The van der Waals surface area contributed by atoms with Crippen LogP contribution in [0.5, 0.6) is 5.75 Å². The summed E-state index contributed by atoms with van der Waals surface area (Å²) in [4.78, 5) is -0.407. The minimum atomic E-state index is -4.38. The predicted octanol–water partition coefficient (Wildman–Crippen LogP) is 4.04. The fraction of sp³-hybridized carbons (Fsp3) is 0. The van der Waals surface area contributed by atoms with Crippen LogP contribution in [0.1, 0.15) is 0 Å². The van der Waals surface area contributed by atoms with E-state index in [1.54, 1.807) is 0 Å². The van der Waals surface area contributed by atoms with E-state index in [0.717, 1.165) is 18.2 Å². The van der Waals surface area contributed by atoms with Crippen LogP contribution in [0.15, 0.2) is 41.3 Å². The highest BCUT2D eigenvalue weighted by molar-refractivity contribution is 7.87. The predicted molar refractivity (Wildman–Crippen MR) is 70.6 cm³/mol. The van der Waals surface area contributed by atoms with Gasteiger partial charge in [0.1, 0.15) is 10.7 Å². The fourth-order valence-corrected chi connectivity index (χ4v) is 3.05. The molecule has 2 aromatic carbocycles. The van der Waals surface area contributed by atoms with Crippen molar-refractivity contribution in [2.24, 2.45) is 0 Å². The normalized spacial score (nSPS) is 11.4. The van der Waals surface area contributed by atoms with Crippen molar-refractivity contribution < 1.29 is 21.4 Å². The Labute approximate surface area is 123 Å². The Morgan fingerprint density at radius 2 is 1.70 bits per heavy atom. The van der Waals surface area contributed by atoms with Gasteiger partial charge in [-0.1, -0.05) is 23.2 Å². The van der Waals surface area contributed by atoms with Gasteiger partial charge in [0.15, 0.2) is 11.6 Å². The Morgan fingerprint density at radius 1 is 1.00 bits per heavy atom. The number of halogens is 4. The average molecular weight is 339 g/mol. The molecule has 0 bridgehead atoms. The lowest BCUT2D eigenvalue weighted by Gasteiger charge is -2.09. The van der Waals surface area contributed by atoms with Crippen LogP contribution in [0.2, 0.25) is 10.0 Å². The van der Waals surface area contributed by atoms with E-state index in [4.69, 9.17) is 23.2 Å². The van der Waals surface area contributed by atoms with Gasteiger partial charge in [0.05, 0.1) is 5.02 Å². The molecule has 0 amide bonds. The van der Waals surface area contributed by atoms with Gasteiger partial charge in [0.2, 0.25) is 0 Å². The van der Waals surface area contributed by atoms with Gasteiger partial charge in [-0.2, -0.15) is 8.42 Å². The second-order valence-corrected chi connectivity index (χ2v) is 6.05. The molecule has 0 atom stereocenters. The van der Waals surface area contributed by atoms with Crippen molar-refractivity contribution >= 4 is 33.3 Å². The van der Waals surface area contributed by atoms with E-state index in [0.29, 0.717) is 6.07 Å². The van der Waals surface area contributed by atoms with Gasteiger partial charge in [-0.05, 0) is 30.3 Å². The average Bonchev–Trinajstić information content (AvgIpc) is 2.35. The molecule has 0 radical (unpaired) electrons. The van der Waals surface area contributed by atoms with Gasteiger partial charge in [0, 0.05) is 11.1 Å². The van der Waals surface area contributed by atoms with Crippen molar-refractivity contribution in [1.29, 1.82) is 0 Å². The molecule has 8 heteroatoms. The zero-order chi connectivity index (χ0) is 14.9. The van der Waals surface area contributed by atoms with Crippen LogP contribution in [0.3, 0.4) is 0 Å². The second-order valence-electron chi connectivity index (χ2n) is 3.69. The summed E-state index contributed by atoms with van der Waals surface area (Å²) >= 11 is 11.4. The zero-order valence-corrected chi connectivity index (χ0v) is 11.9. The van der Waals surface area contributed by atoms with Crippen LogP contribution in [0.4, 0.5) is 8.78 Å². The monoisotopic (exact) mass is 338 g/mol. The molecule has 3 nitrogen and oxygen atoms in total. The van der Waals surface area contributed by atoms with Crippen LogP contribution in [-0.2, 0) is 10.1 Å². The summed E-state index contributed by atoms with van der Waals surface area (Å²) in [6.45, 7) is 0. The molecule has 0 N–H and O–H groups in total. The van der Waals surface area contributed by atoms with Gasteiger partial charge in [-0.15, -0.1) is 0 Å². The maximum Gasteiger partial charge on any atom is 0.340 e. The van der Waals surface area contributed by atoms with Gasteiger partial charge < -0.3 is 4.18 Å². The van der Waals surface area contributed by atoms with E-state index < -0.39 is 32.4 Å². The maximum absolute atomic E-state index is 13.4. The summed E-state index contributed by atoms with van der Waals surface area (Å²) in [5.41, 5.74) is 0. The Balaban J connectivity index is 2.43. The standard InChI is InChI=1S/C12H6Cl2F2O3S/c13-7-1-3-9(14)12(5-7)20(17,18)19-11-4-2-8(15)6-10(11)16/h1-6H. The molecule has 0 spiro atoms. The van der Waals surface area contributed by atoms with Crippen molar-refractivity contribution in [1.82, 2.24) is 0 Å². The lowest BCUT2D eigenvalue weighted by atomic mass is 10.3. The summed E-state index contributed by atoms with van der Waals surface area (Å²) in [5.74, 6) is -2.64. The zero-order valence-electron chi connectivity index (χ0n) is 9.61. The summed E-state index contributed by atoms with van der Waals surface area (Å²) in [6, 6.07) is 5.96. The molecule has 0 aliphatic carbocycles. The third-order valence-electron chi connectivity index (χ3n) is 2.26. The Bertz CT molecular complexity index is 763. The first-order valence-corrected chi connectivity index (χ1v) is 7.30. The lowest BCUT2D eigenvalue weighted by Crippen LogP contribution is -2.11. The maximum atomic E-state index is 13.4. The molecular formula is C12H6Cl2F2O3S. The molecule has 0 saturated heterocycles. The number of hydrogen-bond donors (Lipinski definition) is 0. The molecule has 0 fully saturated rings. The Kier molecular flexibility index (Phi) is 4.17. The number of hydrogen-bond acceptors (Lipinski definition) is 3. The van der Waals surface area contributed by atoms with Crippen molar-refractivity contribution in [3.05, 3.63) is 58.1 Å². The molecule has 0 saturated carbocycles. The first-order chi connectivity index (χ1) is 9.29. The fourth-order valence-electron chi connectivity index (χ4n) is 1.37. The molecule has 0 aromatic heterocycles. The molecule has 0 aliphatic rings. The number of rotatable bonds is 3. The molecule has 0 unspecified atom stereocenters. The van der Waals surface area contributed by atoms with E-state index in [-0.39, 0.29) is 10.0 Å². The molecule has 0 aliphatic heterocycles.